The molecule has 2 N–H and O–H groups in total. The van der Waals surface area contributed by atoms with Crippen molar-refractivity contribution in [1.82, 2.24) is 0 Å². The number of imide groups is 1. The molecule has 2 aliphatic heterocycles. The number of carbonyl (C=O) groups excluding carboxylic acids is 2. The van der Waals surface area contributed by atoms with E-state index in [1.54, 1.807) is 54.6 Å². The van der Waals surface area contributed by atoms with E-state index in [1.807, 2.05) is 13.0 Å². The van der Waals surface area contributed by atoms with Crippen LogP contribution < -0.4 is 9.64 Å². The largest absolute Gasteiger partial charge is 0.508 e. The number of fused-ring (bicyclic) bond motifs is 3. The Balaban J connectivity index is 1.37. The molecular formula is C37H34BF6NO6. The molecule has 0 saturated carbocycles. The first-order valence-corrected chi connectivity index (χ1v) is 16.5. The van der Waals surface area contributed by atoms with E-state index < -0.39 is 72.0 Å². The smallest absolute Gasteiger partial charge is 0.455 e. The number of phenols is 1. The zero-order valence-electron chi connectivity index (χ0n) is 27.4. The lowest BCUT2D eigenvalue weighted by atomic mass is 9.58. The molecule has 0 spiro atoms. The van der Waals surface area contributed by atoms with E-state index in [2.05, 4.69) is 0 Å². The van der Waals surface area contributed by atoms with Crippen molar-refractivity contribution in [2.75, 3.05) is 11.5 Å². The summed E-state index contributed by atoms with van der Waals surface area (Å²) in [5.41, 5.74) is -0.963. The molecule has 14 heteroatoms. The van der Waals surface area contributed by atoms with Crippen LogP contribution in [0.2, 0.25) is 6.32 Å². The number of carbonyl (C=O) groups is 2. The molecule has 6 rings (SSSR count). The number of rotatable bonds is 9. The minimum atomic E-state index is -5.18. The highest BCUT2D eigenvalue weighted by Gasteiger charge is 2.58. The van der Waals surface area contributed by atoms with Gasteiger partial charge in [-0.3, -0.25) is 9.59 Å². The molecule has 0 radical (unpaired) electrons. The van der Waals surface area contributed by atoms with E-state index in [1.165, 1.54) is 0 Å². The number of ether oxygens (including phenoxy) is 1. The third-order valence-electron chi connectivity index (χ3n) is 9.74. The molecule has 51 heavy (non-hydrogen) atoms. The summed E-state index contributed by atoms with van der Waals surface area (Å²) < 4.78 is 94.7. The van der Waals surface area contributed by atoms with Crippen LogP contribution in [0.1, 0.15) is 49.3 Å². The van der Waals surface area contributed by atoms with Crippen LogP contribution in [0.25, 0.3) is 6.08 Å². The molecule has 2 heterocycles. The van der Waals surface area contributed by atoms with Gasteiger partial charge in [0.15, 0.2) is 0 Å². The zero-order chi connectivity index (χ0) is 36.7. The number of hydrogen-bond acceptors (Lipinski definition) is 6. The van der Waals surface area contributed by atoms with Crippen LogP contribution in [0.5, 0.6) is 11.5 Å². The van der Waals surface area contributed by atoms with E-state index in [0.29, 0.717) is 53.2 Å². The van der Waals surface area contributed by atoms with Gasteiger partial charge in [-0.05, 0) is 97.1 Å². The summed E-state index contributed by atoms with van der Waals surface area (Å²) in [4.78, 5) is 28.5. The Morgan fingerprint density at radius 1 is 0.941 bits per heavy atom. The average molecular weight is 713 g/mol. The lowest BCUT2D eigenvalue weighted by Gasteiger charge is -2.43. The standard InChI is InChI=1S/C37H34BF6NO6/c1-2-21(14-22-8-11-27(46)12-9-22)10-13-31-32-23(20-50-28-6-4-3-5-7-28)15-29-33(30(32)19-38(49)51-31)35(48)45(34(29)47)26-17-24(36(39,40)41)16-25(18-26)37(42,43)44/h3-9,11-12,14,16-18,29-31,33,46,49H,2,10,13,15,19-20H2,1H3/b21-14+/t29-,30+,31-,33-/m1/s1. The average Bonchev–Trinajstić information content (AvgIpc) is 3.34. The molecule has 4 atom stereocenters. The van der Waals surface area contributed by atoms with Gasteiger partial charge in [0.2, 0.25) is 11.8 Å². The summed E-state index contributed by atoms with van der Waals surface area (Å²) in [5.74, 6) is -4.28. The number of nitrogens with zero attached hydrogens (tertiary/aromatic N) is 1. The molecule has 0 bridgehead atoms. The van der Waals surface area contributed by atoms with Gasteiger partial charge in [0.25, 0.3) is 0 Å². The second kappa shape index (κ2) is 14.2. The second-order valence-electron chi connectivity index (χ2n) is 13.0. The molecule has 3 aliphatic rings. The molecule has 3 aromatic rings. The summed E-state index contributed by atoms with van der Waals surface area (Å²) in [6.45, 7) is 1.95. The number of benzene rings is 3. The molecule has 3 aromatic carbocycles. The lowest BCUT2D eigenvalue weighted by Crippen LogP contribution is -2.46. The van der Waals surface area contributed by atoms with Gasteiger partial charge in [-0.2, -0.15) is 26.3 Å². The van der Waals surface area contributed by atoms with E-state index in [0.717, 1.165) is 11.1 Å². The van der Waals surface area contributed by atoms with Crippen molar-refractivity contribution in [3.63, 3.8) is 0 Å². The van der Waals surface area contributed by atoms with Crippen molar-refractivity contribution in [2.45, 2.75) is 57.4 Å². The van der Waals surface area contributed by atoms with E-state index in [4.69, 9.17) is 9.39 Å². The maximum absolute atomic E-state index is 14.1. The minimum Gasteiger partial charge on any atom is -0.508 e. The fourth-order valence-corrected chi connectivity index (χ4v) is 7.38. The number of aromatic hydroxyl groups is 1. The number of allylic oxidation sites excluding steroid dienone is 1. The zero-order valence-corrected chi connectivity index (χ0v) is 27.4. The highest BCUT2D eigenvalue weighted by molar-refractivity contribution is 6.43. The van der Waals surface area contributed by atoms with Crippen molar-refractivity contribution in [2.24, 2.45) is 17.8 Å². The van der Waals surface area contributed by atoms with Gasteiger partial charge in [0.05, 0.1) is 34.8 Å². The van der Waals surface area contributed by atoms with Gasteiger partial charge in [-0.15, -0.1) is 0 Å². The van der Waals surface area contributed by atoms with Crippen LogP contribution >= 0.6 is 0 Å². The first-order chi connectivity index (χ1) is 24.1. The van der Waals surface area contributed by atoms with Crippen LogP contribution in [0.15, 0.2) is 89.5 Å². The summed E-state index contributed by atoms with van der Waals surface area (Å²) >= 11 is 0. The Morgan fingerprint density at radius 3 is 2.20 bits per heavy atom. The Bertz CT molecular complexity index is 1810. The quantitative estimate of drug-likeness (QED) is 0.101. The normalized spacial score (nSPS) is 22.7. The van der Waals surface area contributed by atoms with Crippen molar-refractivity contribution in [3.05, 3.63) is 106 Å². The summed E-state index contributed by atoms with van der Waals surface area (Å²) in [6.07, 6.45) is -7.74. The Morgan fingerprint density at radius 2 is 1.59 bits per heavy atom. The van der Waals surface area contributed by atoms with Gasteiger partial charge >= 0.3 is 19.5 Å². The van der Waals surface area contributed by atoms with Crippen LogP contribution in [0.3, 0.4) is 0 Å². The molecule has 2 fully saturated rings. The van der Waals surface area contributed by atoms with Gasteiger partial charge < -0.3 is 19.5 Å². The topological polar surface area (TPSA) is 96.3 Å². The molecule has 2 saturated heterocycles. The Hall–Kier alpha value is -4.56. The van der Waals surface area contributed by atoms with Gasteiger partial charge in [-0.25, -0.2) is 4.90 Å². The van der Waals surface area contributed by atoms with Crippen LogP contribution in [-0.2, 0) is 26.6 Å². The summed E-state index contributed by atoms with van der Waals surface area (Å²) in [6, 6.07) is 16.2. The monoisotopic (exact) mass is 713 g/mol. The second-order valence-corrected chi connectivity index (χ2v) is 13.0. The van der Waals surface area contributed by atoms with Crippen LogP contribution in [0, 0.1) is 17.8 Å². The number of halogens is 6. The maximum Gasteiger partial charge on any atom is 0.455 e. The minimum absolute atomic E-state index is 0.0255. The Labute approximate surface area is 290 Å². The molecule has 268 valence electrons. The highest BCUT2D eigenvalue weighted by atomic mass is 19.4. The summed E-state index contributed by atoms with van der Waals surface area (Å²) in [7, 11) is -1.35. The third kappa shape index (κ3) is 7.71. The van der Waals surface area contributed by atoms with Crippen LogP contribution in [-0.4, -0.2) is 41.8 Å². The van der Waals surface area contributed by atoms with Crippen LogP contribution in [0.4, 0.5) is 32.0 Å². The highest BCUT2D eigenvalue weighted by Crippen LogP contribution is 2.52. The predicted octanol–water partition coefficient (Wildman–Crippen LogP) is 8.08. The fraction of sp³-hybridized carbons (Fsp3) is 0.351. The first kappa shape index (κ1) is 36.2. The van der Waals surface area contributed by atoms with Crippen molar-refractivity contribution >= 4 is 30.7 Å². The lowest BCUT2D eigenvalue weighted by molar-refractivity contribution is -0.143. The SMILES string of the molecule is CC/C(=C\c1ccc(O)cc1)CC[C@H]1OB(O)C[C@H]2C1=C(COc1ccccc1)C[C@H]1C(=O)N(c3cc(C(F)(F)F)cc(C(F)(F)F)c3)C(=O)[C@H]12. The number of alkyl halides is 6. The maximum atomic E-state index is 14.1. The number of anilines is 1. The molecule has 7 nitrogen and oxygen atoms in total. The van der Waals surface area contributed by atoms with Gasteiger partial charge in [0, 0.05) is 0 Å². The third-order valence-corrected chi connectivity index (χ3v) is 9.74. The number of phenolic OH excluding ortho intramolecular Hbond substituents is 1. The molecular weight excluding hydrogens is 679 g/mol. The Kier molecular flexibility index (Phi) is 10.1. The van der Waals surface area contributed by atoms with Crippen molar-refractivity contribution < 1.29 is 55.5 Å². The van der Waals surface area contributed by atoms with Crippen molar-refractivity contribution in [1.29, 1.82) is 0 Å². The number of para-hydroxylation sites is 1. The summed E-state index contributed by atoms with van der Waals surface area (Å²) in [5, 5.41) is 20.6. The van der Waals surface area contributed by atoms with Crippen molar-refractivity contribution in [3.8, 4) is 11.5 Å². The fourth-order valence-electron chi connectivity index (χ4n) is 7.38. The number of amides is 2. The first-order valence-electron chi connectivity index (χ1n) is 16.5. The molecule has 0 unspecified atom stereocenters. The molecule has 1 aliphatic carbocycles. The predicted molar refractivity (Wildman–Crippen MR) is 176 cm³/mol. The van der Waals surface area contributed by atoms with E-state index >= 15 is 0 Å². The van der Waals surface area contributed by atoms with Gasteiger partial charge in [-0.1, -0.05) is 48.9 Å². The van der Waals surface area contributed by atoms with E-state index in [9.17, 15) is 46.1 Å². The molecule has 0 aromatic heterocycles. The van der Waals surface area contributed by atoms with E-state index in [-0.39, 0.29) is 31.2 Å². The molecule has 2 amide bonds. The number of hydrogen-bond donors (Lipinski definition) is 2. The van der Waals surface area contributed by atoms with Gasteiger partial charge in [0.1, 0.15) is 18.1 Å².